The molecule has 23 heavy (non-hydrogen) atoms. The smallest absolute Gasteiger partial charge is 0.172 e. The first kappa shape index (κ1) is 15.5. The third kappa shape index (κ3) is 3.52. The van der Waals surface area contributed by atoms with Gasteiger partial charge in [0.05, 0.1) is 11.3 Å². The number of Topliss-reactive ketones (excluding diaryl/α,β-unsaturated/α-hetero) is 1. The number of ketones is 1. The number of hydrogen-bond acceptors (Lipinski definition) is 1. The van der Waals surface area contributed by atoms with E-state index in [0.717, 1.165) is 11.1 Å². The van der Waals surface area contributed by atoms with Gasteiger partial charge < -0.3 is 0 Å². The summed E-state index contributed by atoms with van der Waals surface area (Å²) >= 11 is 6.73. The Bertz CT molecular complexity index is 754. The van der Waals surface area contributed by atoms with Crippen molar-refractivity contribution in [3.63, 3.8) is 0 Å². The molecule has 0 saturated heterocycles. The molecule has 3 aromatic rings. The standard InChI is InChI=1S/C21H17ClO/c22-20(17-12-6-2-7-13-17)19(16-10-4-1-5-11-16)21(23)18-14-8-3-9-15-18/h1-15,19-20H. The summed E-state index contributed by atoms with van der Waals surface area (Å²) < 4.78 is 0. The number of halogens is 1. The lowest BCUT2D eigenvalue weighted by atomic mass is 9.85. The van der Waals surface area contributed by atoms with Crippen molar-refractivity contribution in [1.82, 2.24) is 0 Å². The van der Waals surface area contributed by atoms with Crippen molar-refractivity contribution in [2.45, 2.75) is 11.3 Å². The minimum atomic E-state index is -0.414. The van der Waals surface area contributed by atoms with Crippen molar-refractivity contribution in [3.8, 4) is 0 Å². The van der Waals surface area contributed by atoms with E-state index < -0.39 is 11.3 Å². The maximum absolute atomic E-state index is 13.1. The Balaban J connectivity index is 2.03. The molecule has 3 aromatic carbocycles. The topological polar surface area (TPSA) is 17.1 Å². The first-order chi connectivity index (χ1) is 11.3. The van der Waals surface area contributed by atoms with Crippen LogP contribution in [0.3, 0.4) is 0 Å². The van der Waals surface area contributed by atoms with Gasteiger partial charge in [-0.05, 0) is 11.1 Å². The molecular formula is C21H17ClO. The molecule has 3 rings (SSSR count). The summed E-state index contributed by atoms with van der Waals surface area (Å²) in [5.74, 6) is -0.372. The van der Waals surface area contributed by atoms with Crippen LogP contribution in [0.1, 0.15) is 32.8 Å². The van der Waals surface area contributed by atoms with E-state index in [1.54, 1.807) is 0 Å². The summed E-state index contributed by atoms with van der Waals surface area (Å²) in [6.07, 6.45) is 0. The van der Waals surface area contributed by atoms with Gasteiger partial charge in [0.15, 0.2) is 5.78 Å². The molecule has 2 atom stereocenters. The van der Waals surface area contributed by atoms with Gasteiger partial charge in [-0.3, -0.25) is 4.79 Å². The summed E-state index contributed by atoms with van der Waals surface area (Å²) in [6.45, 7) is 0. The number of carbonyl (C=O) groups is 1. The number of hydrogen-bond donors (Lipinski definition) is 0. The monoisotopic (exact) mass is 320 g/mol. The van der Waals surface area contributed by atoms with Crippen molar-refractivity contribution < 1.29 is 4.79 Å². The highest BCUT2D eigenvalue weighted by atomic mass is 35.5. The fourth-order valence-corrected chi connectivity index (χ4v) is 3.13. The van der Waals surface area contributed by atoms with Gasteiger partial charge in [0.25, 0.3) is 0 Å². The van der Waals surface area contributed by atoms with Gasteiger partial charge in [-0.1, -0.05) is 91.0 Å². The van der Waals surface area contributed by atoms with Crippen LogP contribution in [0.2, 0.25) is 0 Å². The fraction of sp³-hybridized carbons (Fsp3) is 0.0952. The second kappa shape index (κ2) is 7.26. The van der Waals surface area contributed by atoms with Gasteiger partial charge in [0.1, 0.15) is 0 Å². The fourth-order valence-electron chi connectivity index (χ4n) is 2.72. The predicted molar refractivity (Wildman–Crippen MR) is 95.0 cm³/mol. The molecule has 114 valence electrons. The van der Waals surface area contributed by atoms with E-state index >= 15 is 0 Å². The second-order valence-electron chi connectivity index (χ2n) is 5.43. The van der Waals surface area contributed by atoms with Crippen LogP contribution in [0.25, 0.3) is 0 Å². The number of rotatable bonds is 5. The molecule has 0 aliphatic heterocycles. The molecule has 0 spiro atoms. The Morgan fingerprint density at radius 2 is 1.09 bits per heavy atom. The Labute approximate surface area is 141 Å². The lowest BCUT2D eigenvalue weighted by molar-refractivity contribution is 0.0957. The van der Waals surface area contributed by atoms with Crippen molar-refractivity contribution >= 4 is 17.4 Å². The van der Waals surface area contributed by atoms with Crippen LogP contribution in [0.15, 0.2) is 91.0 Å². The second-order valence-corrected chi connectivity index (χ2v) is 5.90. The molecule has 0 aliphatic rings. The number of carbonyl (C=O) groups excluding carboxylic acids is 1. The minimum Gasteiger partial charge on any atom is -0.293 e. The average molecular weight is 321 g/mol. The van der Waals surface area contributed by atoms with Crippen LogP contribution >= 0.6 is 11.6 Å². The van der Waals surface area contributed by atoms with E-state index in [4.69, 9.17) is 11.6 Å². The van der Waals surface area contributed by atoms with Crippen LogP contribution in [-0.4, -0.2) is 5.78 Å². The normalized spacial score (nSPS) is 13.3. The minimum absolute atomic E-state index is 0.0423. The molecule has 0 N–H and O–H groups in total. The van der Waals surface area contributed by atoms with E-state index in [9.17, 15) is 4.79 Å². The zero-order valence-corrected chi connectivity index (χ0v) is 13.4. The number of benzene rings is 3. The highest BCUT2D eigenvalue weighted by molar-refractivity contribution is 6.24. The maximum atomic E-state index is 13.1. The van der Waals surface area contributed by atoms with Crippen molar-refractivity contribution in [3.05, 3.63) is 108 Å². The van der Waals surface area contributed by atoms with E-state index in [-0.39, 0.29) is 5.78 Å². The van der Waals surface area contributed by atoms with Crippen LogP contribution < -0.4 is 0 Å². The molecule has 0 aromatic heterocycles. The summed E-state index contributed by atoms with van der Waals surface area (Å²) in [5.41, 5.74) is 2.57. The van der Waals surface area contributed by atoms with Gasteiger partial charge in [0, 0.05) is 5.56 Å². The van der Waals surface area contributed by atoms with Gasteiger partial charge in [0.2, 0.25) is 0 Å². The molecule has 0 saturated carbocycles. The Morgan fingerprint density at radius 3 is 1.61 bits per heavy atom. The third-order valence-electron chi connectivity index (χ3n) is 3.91. The molecule has 0 bridgehead atoms. The van der Waals surface area contributed by atoms with Gasteiger partial charge in [-0.15, -0.1) is 11.6 Å². The largest absolute Gasteiger partial charge is 0.293 e. The van der Waals surface area contributed by atoms with Gasteiger partial charge >= 0.3 is 0 Å². The Kier molecular flexibility index (Phi) is 4.89. The van der Waals surface area contributed by atoms with Crippen molar-refractivity contribution in [2.75, 3.05) is 0 Å². The summed E-state index contributed by atoms with van der Waals surface area (Å²) in [7, 11) is 0. The Hall–Kier alpha value is -2.38. The number of alkyl halides is 1. The van der Waals surface area contributed by atoms with E-state index in [1.165, 1.54) is 0 Å². The van der Waals surface area contributed by atoms with Crippen LogP contribution in [0.5, 0.6) is 0 Å². The molecule has 2 unspecified atom stereocenters. The summed E-state index contributed by atoms with van der Waals surface area (Å²) in [5, 5.41) is -0.411. The van der Waals surface area contributed by atoms with Crippen molar-refractivity contribution in [1.29, 1.82) is 0 Å². The Morgan fingerprint density at radius 1 is 0.652 bits per heavy atom. The SMILES string of the molecule is O=C(c1ccccc1)C(c1ccccc1)C(Cl)c1ccccc1. The van der Waals surface area contributed by atoms with E-state index in [0.29, 0.717) is 5.56 Å². The first-order valence-electron chi connectivity index (χ1n) is 7.60. The third-order valence-corrected chi connectivity index (χ3v) is 4.41. The molecule has 2 heteroatoms. The zero-order valence-electron chi connectivity index (χ0n) is 12.6. The van der Waals surface area contributed by atoms with Crippen LogP contribution in [-0.2, 0) is 0 Å². The van der Waals surface area contributed by atoms with Crippen LogP contribution in [0, 0.1) is 0 Å². The first-order valence-corrected chi connectivity index (χ1v) is 8.04. The zero-order chi connectivity index (χ0) is 16.1. The molecular weight excluding hydrogens is 304 g/mol. The lowest BCUT2D eigenvalue weighted by Gasteiger charge is -2.22. The quantitative estimate of drug-likeness (QED) is 0.439. The van der Waals surface area contributed by atoms with E-state index in [2.05, 4.69) is 0 Å². The van der Waals surface area contributed by atoms with Gasteiger partial charge in [-0.25, -0.2) is 0 Å². The molecule has 1 nitrogen and oxygen atoms in total. The van der Waals surface area contributed by atoms with Crippen LogP contribution in [0.4, 0.5) is 0 Å². The molecule has 0 radical (unpaired) electrons. The highest BCUT2D eigenvalue weighted by Crippen LogP contribution is 2.38. The van der Waals surface area contributed by atoms with E-state index in [1.807, 2.05) is 91.0 Å². The molecule has 0 amide bonds. The molecule has 0 aliphatic carbocycles. The maximum Gasteiger partial charge on any atom is 0.172 e. The summed E-state index contributed by atoms with van der Waals surface area (Å²) in [4.78, 5) is 13.1. The predicted octanol–water partition coefficient (Wildman–Crippen LogP) is 5.63. The molecule has 0 fully saturated rings. The molecule has 0 heterocycles. The van der Waals surface area contributed by atoms with Gasteiger partial charge in [-0.2, -0.15) is 0 Å². The lowest BCUT2D eigenvalue weighted by Crippen LogP contribution is -2.18. The highest BCUT2D eigenvalue weighted by Gasteiger charge is 2.30. The van der Waals surface area contributed by atoms with Crippen molar-refractivity contribution in [2.24, 2.45) is 0 Å². The average Bonchev–Trinajstić information content (AvgIpc) is 2.64. The summed E-state index contributed by atoms with van der Waals surface area (Å²) in [6, 6.07) is 28.9.